The van der Waals surface area contributed by atoms with Gasteiger partial charge in [-0.2, -0.15) is 4.31 Å². The molecule has 1 fully saturated rings. The Balaban J connectivity index is 1.35. The van der Waals surface area contributed by atoms with Gasteiger partial charge in [-0.3, -0.25) is 4.79 Å². The fourth-order valence-corrected chi connectivity index (χ4v) is 5.25. The van der Waals surface area contributed by atoms with Crippen LogP contribution in [0.3, 0.4) is 0 Å². The molecule has 1 amide bonds. The smallest absolute Gasteiger partial charge is 0.351 e. The van der Waals surface area contributed by atoms with E-state index in [0.717, 1.165) is 19.3 Å². The normalized spacial score (nSPS) is 18.4. The van der Waals surface area contributed by atoms with Crippen LogP contribution in [0.5, 0.6) is 11.5 Å². The van der Waals surface area contributed by atoms with Gasteiger partial charge in [-0.05, 0) is 49.6 Å². The molecule has 2 heterocycles. The monoisotopic (exact) mass is 474 g/mol. The van der Waals surface area contributed by atoms with Crippen molar-refractivity contribution in [2.45, 2.75) is 37.2 Å². The maximum atomic E-state index is 12.9. The van der Waals surface area contributed by atoms with Crippen LogP contribution in [0.2, 0.25) is 0 Å². The van der Waals surface area contributed by atoms with E-state index in [4.69, 9.17) is 14.2 Å². The average Bonchev–Trinajstić information content (AvgIpc) is 2.84. The van der Waals surface area contributed by atoms with E-state index in [-0.39, 0.29) is 11.5 Å². The first-order chi connectivity index (χ1) is 15.8. The minimum Gasteiger partial charge on any atom is -0.485 e. The molecule has 0 saturated carbocycles. The van der Waals surface area contributed by atoms with E-state index in [9.17, 15) is 18.0 Å². The number of benzene rings is 2. The highest BCUT2D eigenvalue weighted by atomic mass is 32.2. The molecule has 0 aromatic heterocycles. The number of nitrogens with zero attached hydrogens (tertiary/aromatic N) is 1. The quantitative estimate of drug-likeness (QED) is 0.641. The summed E-state index contributed by atoms with van der Waals surface area (Å²) in [6.45, 7) is 2.18. The lowest BCUT2D eigenvalue weighted by atomic mass is 10.2. The third-order valence-corrected chi connectivity index (χ3v) is 7.45. The largest absolute Gasteiger partial charge is 0.485 e. The summed E-state index contributed by atoms with van der Waals surface area (Å²) in [7, 11) is -3.64. The van der Waals surface area contributed by atoms with E-state index in [1.807, 2.05) is 0 Å². The SMILES string of the molecule is Cc1ccc(S(=O)(=O)N2CCCCC2)cc1NC(=O)COC(=O)C1COc2ccccc2O1. The summed E-state index contributed by atoms with van der Waals surface area (Å²) in [5, 5.41) is 2.63. The summed E-state index contributed by atoms with van der Waals surface area (Å²) in [6.07, 6.45) is 1.71. The summed E-state index contributed by atoms with van der Waals surface area (Å²) >= 11 is 0. The molecule has 9 nitrogen and oxygen atoms in total. The van der Waals surface area contributed by atoms with Gasteiger partial charge in [0.1, 0.15) is 6.61 Å². The van der Waals surface area contributed by atoms with Crippen molar-refractivity contribution in [2.24, 2.45) is 0 Å². The molecule has 33 heavy (non-hydrogen) atoms. The molecule has 0 bridgehead atoms. The third kappa shape index (κ3) is 5.28. The van der Waals surface area contributed by atoms with Crippen molar-refractivity contribution in [1.29, 1.82) is 0 Å². The lowest BCUT2D eigenvalue weighted by Gasteiger charge is -2.26. The standard InChI is InChI=1S/C23H26N2O7S/c1-16-9-10-17(33(28,29)25-11-5-2-6-12-25)13-18(16)24-22(26)15-31-23(27)21-14-30-19-7-3-4-8-20(19)32-21/h3-4,7-10,13,21H,2,5-6,11-12,14-15H2,1H3,(H,24,26). The molecule has 2 aliphatic rings. The fraction of sp³-hybridized carbons (Fsp3) is 0.391. The number of fused-ring (bicyclic) bond motifs is 1. The Morgan fingerprint density at radius 1 is 1.09 bits per heavy atom. The highest BCUT2D eigenvalue weighted by Gasteiger charge is 2.29. The number of hydrogen-bond donors (Lipinski definition) is 1. The second-order valence-electron chi connectivity index (χ2n) is 7.96. The van der Waals surface area contributed by atoms with Gasteiger partial charge in [0.2, 0.25) is 16.1 Å². The Morgan fingerprint density at radius 3 is 2.58 bits per heavy atom. The average molecular weight is 475 g/mol. The number of carbonyl (C=O) groups is 2. The summed E-state index contributed by atoms with van der Waals surface area (Å²) in [4.78, 5) is 24.8. The van der Waals surface area contributed by atoms with Crippen molar-refractivity contribution in [3.05, 3.63) is 48.0 Å². The lowest BCUT2D eigenvalue weighted by Crippen LogP contribution is -2.39. The Kier molecular flexibility index (Phi) is 6.85. The number of aryl methyl sites for hydroxylation is 1. The number of piperidine rings is 1. The van der Waals surface area contributed by atoms with E-state index in [2.05, 4.69) is 5.32 Å². The molecule has 1 atom stereocenters. The number of nitrogens with one attached hydrogen (secondary N) is 1. The van der Waals surface area contributed by atoms with E-state index in [1.54, 1.807) is 37.3 Å². The first kappa shape index (κ1) is 23.1. The van der Waals surface area contributed by atoms with Gasteiger partial charge in [0.25, 0.3) is 5.91 Å². The van der Waals surface area contributed by atoms with E-state index in [0.29, 0.717) is 35.8 Å². The number of sulfonamides is 1. The molecule has 2 aromatic carbocycles. The van der Waals surface area contributed by atoms with Gasteiger partial charge in [0.05, 0.1) is 4.90 Å². The molecule has 4 rings (SSSR count). The molecular formula is C23H26N2O7S. The predicted molar refractivity (Wildman–Crippen MR) is 120 cm³/mol. The lowest BCUT2D eigenvalue weighted by molar-refractivity contribution is -0.156. The molecule has 0 radical (unpaired) electrons. The third-order valence-electron chi connectivity index (χ3n) is 5.55. The number of anilines is 1. The van der Waals surface area contributed by atoms with Crippen LogP contribution in [0, 0.1) is 6.92 Å². The van der Waals surface area contributed by atoms with Gasteiger partial charge in [0.15, 0.2) is 18.1 Å². The number of ether oxygens (including phenoxy) is 3. The highest BCUT2D eigenvalue weighted by molar-refractivity contribution is 7.89. The van der Waals surface area contributed by atoms with Crippen molar-refractivity contribution >= 4 is 27.6 Å². The van der Waals surface area contributed by atoms with Gasteiger partial charge in [-0.25, -0.2) is 13.2 Å². The van der Waals surface area contributed by atoms with Gasteiger partial charge in [0, 0.05) is 18.8 Å². The first-order valence-electron chi connectivity index (χ1n) is 10.8. The zero-order valence-corrected chi connectivity index (χ0v) is 19.1. The van der Waals surface area contributed by atoms with Crippen molar-refractivity contribution < 1.29 is 32.2 Å². The molecule has 1 N–H and O–H groups in total. The van der Waals surface area contributed by atoms with Crippen LogP contribution in [0.1, 0.15) is 24.8 Å². The van der Waals surface area contributed by atoms with Crippen LogP contribution in [0.4, 0.5) is 5.69 Å². The number of para-hydroxylation sites is 2. The Labute approximate surface area is 192 Å². The molecule has 10 heteroatoms. The second-order valence-corrected chi connectivity index (χ2v) is 9.90. The zero-order chi connectivity index (χ0) is 23.4. The van der Waals surface area contributed by atoms with Gasteiger partial charge >= 0.3 is 5.97 Å². The maximum absolute atomic E-state index is 12.9. The molecule has 0 spiro atoms. The van der Waals surface area contributed by atoms with Crippen LogP contribution in [0.25, 0.3) is 0 Å². The Hall–Kier alpha value is -3.11. The molecule has 2 aromatic rings. The summed E-state index contributed by atoms with van der Waals surface area (Å²) in [6, 6.07) is 11.6. The van der Waals surface area contributed by atoms with Crippen LogP contribution in [-0.2, 0) is 24.3 Å². The topological polar surface area (TPSA) is 111 Å². The molecular weight excluding hydrogens is 448 g/mol. The van der Waals surface area contributed by atoms with Crippen LogP contribution >= 0.6 is 0 Å². The molecule has 1 saturated heterocycles. The molecule has 176 valence electrons. The number of esters is 1. The van der Waals surface area contributed by atoms with Crippen molar-refractivity contribution in [3.8, 4) is 11.5 Å². The molecule has 2 aliphatic heterocycles. The van der Waals surface area contributed by atoms with Gasteiger partial charge < -0.3 is 19.5 Å². The number of hydrogen-bond acceptors (Lipinski definition) is 7. The minimum absolute atomic E-state index is 0.0209. The first-order valence-corrected chi connectivity index (χ1v) is 12.2. The van der Waals surface area contributed by atoms with Gasteiger partial charge in [-0.1, -0.05) is 24.6 Å². The molecule has 1 unspecified atom stereocenters. The van der Waals surface area contributed by atoms with Gasteiger partial charge in [-0.15, -0.1) is 0 Å². The Morgan fingerprint density at radius 2 is 1.82 bits per heavy atom. The zero-order valence-electron chi connectivity index (χ0n) is 18.3. The van der Waals surface area contributed by atoms with Crippen molar-refractivity contribution in [3.63, 3.8) is 0 Å². The van der Waals surface area contributed by atoms with E-state index < -0.39 is 34.6 Å². The maximum Gasteiger partial charge on any atom is 0.351 e. The van der Waals surface area contributed by atoms with E-state index >= 15 is 0 Å². The predicted octanol–water partition coefficient (Wildman–Crippen LogP) is 2.49. The highest BCUT2D eigenvalue weighted by Crippen LogP contribution is 2.31. The Bertz CT molecular complexity index is 1140. The number of carbonyl (C=O) groups excluding carboxylic acids is 2. The summed E-state index contributed by atoms with van der Waals surface area (Å²) < 4.78 is 43.5. The van der Waals surface area contributed by atoms with Crippen molar-refractivity contribution in [2.75, 3.05) is 31.6 Å². The van der Waals surface area contributed by atoms with Crippen LogP contribution in [-0.4, -0.2) is 57.0 Å². The van der Waals surface area contributed by atoms with E-state index in [1.165, 1.54) is 16.4 Å². The second kappa shape index (κ2) is 9.80. The number of amides is 1. The summed E-state index contributed by atoms with van der Waals surface area (Å²) in [5.41, 5.74) is 1.04. The minimum atomic E-state index is -3.64. The van der Waals surface area contributed by atoms with Crippen LogP contribution in [0.15, 0.2) is 47.4 Å². The summed E-state index contributed by atoms with van der Waals surface area (Å²) in [5.74, 6) is -0.347. The van der Waals surface area contributed by atoms with Crippen molar-refractivity contribution in [1.82, 2.24) is 4.31 Å². The molecule has 0 aliphatic carbocycles. The number of rotatable bonds is 6. The fourth-order valence-electron chi connectivity index (χ4n) is 3.70. The van der Waals surface area contributed by atoms with Crippen LogP contribution < -0.4 is 14.8 Å².